The lowest BCUT2D eigenvalue weighted by Crippen LogP contribution is -2.60. The number of nitrogens with two attached hydrogens (primary N) is 1. The van der Waals surface area contributed by atoms with Gasteiger partial charge in [-0.2, -0.15) is 5.26 Å². The van der Waals surface area contributed by atoms with Crippen molar-refractivity contribution in [2.45, 2.75) is 43.4 Å². The number of nitriles is 1. The lowest BCUT2D eigenvalue weighted by Gasteiger charge is -2.16. The number of aliphatic hydroxyl groups excluding tert-OH is 2. The molecule has 0 amide bonds. The van der Waals surface area contributed by atoms with Gasteiger partial charge in [0.15, 0.2) is 23.7 Å². The zero-order chi connectivity index (χ0) is 19.6. The minimum Gasteiger partial charge on any atom is -0.387 e. The number of hydrogen-bond acceptors (Lipinski definition) is 8. The summed E-state index contributed by atoms with van der Waals surface area (Å²) in [7, 11) is -0.0102. The molecule has 10 nitrogen and oxygen atoms in total. The molecule has 27 heavy (non-hydrogen) atoms. The summed E-state index contributed by atoms with van der Waals surface area (Å²) in [5, 5.41) is 29.7. The molecule has 6 unspecified atom stereocenters. The monoisotopic (exact) mass is 395 g/mol. The number of hydrogen-bond donors (Lipinski definition) is 4. The fourth-order valence-electron chi connectivity index (χ4n) is 3.16. The molecule has 0 radical (unpaired) electrons. The number of nitrogen functional groups attached to an aromatic ring is 1. The molecule has 3 heterocycles. The summed E-state index contributed by atoms with van der Waals surface area (Å²) in [6, 6.07) is 1.94. The van der Waals surface area contributed by atoms with Gasteiger partial charge in [-0.25, -0.2) is 15.0 Å². The largest absolute Gasteiger partial charge is 0.387 e. The summed E-state index contributed by atoms with van der Waals surface area (Å²) in [5.41, 5.74) is 10.4. The molecule has 0 bridgehead atoms. The first-order valence-corrected chi connectivity index (χ1v) is 10.7. The van der Waals surface area contributed by atoms with Crippen molar-refractivity contribution in [2.75, 3.05) is 23.5 Å². The zero-order valence-electron chi connectivity index (χ0n) is 15.1. The van der Waals surface area contributed by atoms with Gasteiger partial charge in [0.05, 0.1) is 12.6 Å². The predicted molar refractivity (Wildman–Crippen MR) is 100 cm³/mol. The first kappa shape index (κ1) is 19.8. The number of aliphatic hydroxyl groups is 2. The molecule has 0 spiro atoms. The van der Waals surface area contributed by atoms with Gasteiger partial charge < -0.3 is 26.4 Å². The standard InChI is InChI=1S/C16H24N7O3S/c1-27(4-2-3-9(18)5-17)6-10-12(24)13(25)16(26-10)23-8-22-11-14(19)20-7-21-15(11)23/h7-10,12-13,16,24-25H,2-4,6,18H2,1H3,(H2,19,20,21)/q+1/p+1. The van der Waals surface area contributed by atoms with Gasteiger partial charge in [-0.1, -0.05) is 0 Å². The number of fused-ring (bicyclic) bond motifs is 1. The topological polar surface area (TPSA) is 171 Å². The summed E-state index contributed by atoms with van der Waals surface area (Å²) in [6.45, 7) is 0. The van der Waals surface area contributed by atoms with Crippen molar-refractivity contribution in [3.63, 3.8) is 0 Å². The van der Waals surface area contributed by atoms with Crippen LogP contribution in [0, 0.1) is 11.3 Å². The van der Waals surface area contributed by atoms with E-state index in [1.54, 1.807) is 4.57 Å². The van der Waals surface area contributed by atoms with Crippen molar-refractivity contribution in [1.29, 1.82) is 5.26 Å². The summed E-state index contributed by atoms with van der Waals surface area (Å²) in [5.74, 6) is 1.81. The van der Waals surface area contributed by atoms with Gasteiger partial charge >= 0.3 is 0 Å². The van der Waals surface area contributed by atoms with E-state index in [-0.39, 0.29) is 22.8 Å². The minimum atomic E-state index is -1.09. The molecule has 7 N–H and O–H groups in total. The Morgan fingerprint density at radius 2 is 2.19 bits per heavy atom. The Labute approximate surface area is 159 Å². The van der Waals surface area contributed by atoms with E-state index in [1.165, 1.54) is 12.7 Å². The van der Waals surface area contributed by atoms with Crippen LogP contribution >= 0.6 is 0 Å². The SMILES string of the molecule is C[S+](CCCC([NH3+])C#N)CC1OC(n2cnc3c(N)ncnc32)C(O)C1O. The molecule has 0 aromatic carbocycles. The van der Waals surface area contributed by atoms with Crippen LogP contribution in [-0.2, 0) is 15.6 Å². The predicted octanol–water partition coefficient (Wildman–Crippen LogP) is -1.81. The lowest BCUT2D eigenvalue weighted by molar-refractivity contribution is -0.401. The van der Waals surface area contributed by atoms with E-state index in [1.807, 2.05) is 0 Å². The summed E-state index contributed by atoms with van der Waals surface area (Å²) in [4.78, 5) is 12.2. The Morgan fingerprint density at radius 1 is 1.41 bits per heavy atom. The van der Waals surface area contributed by atoms with E-state index >= 15 is 0 Å². The molecular weight excluding hydrogens is 370 g/mol. The Hall–Kier alpha value is -1.97. The number of anilines is 1. The molecule has 6 atom stereocenters. The molecule has 146 valence electrons. The maximum Gasteiger partial charge on any atom is 0.172 e. The van der Waals surface area contributed by atoms with Gasteiger partial charge in [-0.3, -0.25) is 4.57 Å². The Balaban J connectivity index is 1.65. The van der Waals surface area contributed by atoms with Crippen LogP contribution in [0.3, 0.4) is 0 Å². The van der Waals surface area contributed by atoms with Crippen LogP contribution in [0.4, 0.5) is 5.82 Å². The zero-order valence-corrected chi connectivity index (χ0v) is 15.9. The van der Waals surface area contributed by atoms with Crippen molar-refractivity contribution < 1.29 is 20.7 Å². The number of aromatic nitrogens is 4. The fourth-order valence-corrected chi connectivity index (χ4v) is 4.82. The normalized spacial score (nSPS) is 27.5. The van der Waals surface area contributed by atoms with Crippen molar-refractivity contribution in [1.82, 2.24) is 19.5 Å². The van der Waals surface area contributed by atoms with E-state index in [0.29, 0.717) is 16.9 Å². The van der Waals surface area contributed by atoms with E-state index in [4.69, 9.17) is 15.7 Å². The highest BCUT2D eigenvalue weighted by atomic mass is 32.2. The van der Waals surface area contributed by atoms with Gasteiger partial charge in [0.2, 0.25) is 0 Å². The molecule has 0 aliphatic carbocycles. The Kier molecular flexibility index (Phi) is 6.13. The van der Waals surface area contributed by atoms with E-state index in [2.05, 4.69) is 33.0 Å². The second-order valence-corrected chi connectivity index (χ2v) is 9.05. The average Bonchev–Trinajstić information content (AvgIpc) is 3.19. The van der Waals surface area contributed by atoms with Crippen molar-refractivity contribution in [3.05, 3.63) is 12.7 Å². The average molecular weight is 395 g/mol. The number of imidazole rings is 1. The van der Waals surface area contributed by atoms with Gasteiger partial charge in [0, 0.05) is 6.42 Å². The van der Waals surface area contributed by atoms with Crippen LogP contribution in [0.25, 0.3) is 11.2 Å². The third kappa shape index (κ3) is 4.15. The minimum absolute atomic E-state index is 0.0102. The van der Waals surface area contributed by atoms with Gasteiger partial charge in [0.25, 0.3) is 0 Å². The summed E-state index contributed by atoms with van der Waals surface area (Å²) < 4.78 is 7.54. The number of quaternary nitrogens is 1. The second-order valence-electron chi connectivity index (χ2n) is 6.75. The number of ether oxygens (including phenoxy) is 1. The highest BCUT2D eigenvalue weighted by Gasteiger charge is 2.46. The van der Waals surface area contributed by atoms with Crippen molar-refractivity contribution >= 4 is 27.9 Å². The molecule has 2 aromatic heterocycles. The summed E-state index contributed by atoms with van der Waals surface area (Å²) >= 11 is 0. The molecule has 1 aliphatic heterocycles. The van der Waals surface area contributed by atoms with Crippen LogP contribution in [0.1, 0.15) is 19.1 Å². The van der Waals surface area contributed by atoms with Crippen LogP contribution in [0.15, 0.2) is 12.7 Å². The van der Waals surface area contributed by atoms with Crippen LogP contribution < -0.4 is 11.5 Å². The van der Waals surface area contributed by atoms with Crippen molar-refractivity contribution in [2.24, 2.45) is 0 Å². The molecule has 0 saturated carbocycles. The highest BCUT2D eigenvalue weighted by molar-refractivity contribution is 7.96. The molecule has 3 rings (SSSR count). The van der Waals surface area contributed by atoms with Crippen LogP contribution in [0.5, 0.6) is 0 Å². The van der Waals surface area contributed by atoms with Crippen LogP contribution in [-0.4, -0.2) is 71.8 Å². The third-order valence-electron chi connectivity index (χ3n) is 4.68. The van der Waals surface area contributed by atoms with Crippen molar-refractivity contribution in [3.8, 4) is 6.07 Å². The highest BCUT2D eigenvalue weighted by Crippen LogP contribution is 2.32. The van der Waals surface area contributed by atoms with Crippen LogP contribution in [0.2, 0.25) is 0 Å². The molecule has 2 aromatic rings. The fraction of sp³-hybridized carbons (Fsp3) is 0.625. The molecule has 1 saturated heterocycles. The Bertz CT molecular complexity index is 826. The number of nitrogens with zero attached hydrogens (tertiary/aromatic N) is 5. The van der Waals surface area contributed by atoms with Gasteiger partial charge in [-0.15, -0.1) is 0 Å². The third-order valence-corrected chi connectivity index (χ3v) is 6.56. The van der Waals surface area contributed by atoms with Gasteiger partial charge in [-0.05, 0) is 17.3 Å². The van der Waals surface area contributed by atoms with E-state index in [9.17, 15) is 10.2 Å². The molecular formula is C16H25N7O3S+2. The first-order valence-electron chi connectivity index (χ1n) is 8.68. The smallest absolute Gasteiger partial charge is 0.172 e. The quantitative estimate of drug-likeness (QED) is 0.397. The molecule has 11 heteroatoms. The number of rotatable bonds is 7. The van der Waals surface area contributed by atoms with Gasteiger partial charge in [0.1, 0.15) is 47.7 Å². The van der Waals surface area contributed by atoms with E-state index < -0.39 is 24.5 Å². The maximum atomic E-state index is 10.5. The first-order chi connectivity index (χ1) is 12.9. The second kappa shape index (κ2) is 8.37. The Morgan fingerprint density at radius 3 is 2.93 bits per heavy atom. The van der Waals surface area contributed by atoms with E-state index in [0.717, 1.165) is 18.6 Å². The summed E-state index contributed by atoms with van der Waals surface area (Å²) in [6.07, 6.45) is 3.20. The molecule has 1 aliphatic rings. The lowest BCUT2D eigenvalue weighted by atomic mass is 10.1. The molecule has 1 fully saturated rings. The maximum absolute atomic E-state index is 10.5.